The SMILES string of the molecule is CCCn1c(-c2ccncc2N)nc2cccc(Cl)c21. The van der Waals surface area contributed by atoms with Crippen LogP contribution in [0.3, 0.4) is 0 Å². The molecule has 0 saturated carbocycles. The number of hydrogen-bond acceptors (Lipinski definition) is 3. The normalized spacial score (nSPS) is 11.1. The van der Waals surface area contributed by atoms with Gasteiger partial charge in [0.15, 0.2) is 0 Å². The highest BCUT2D eigenvalue weighted by molar-refractivity contribution is 6.35. The first-order chi connectivity index (χ1) is 9.72. The Morgan fingerprint density at radius 1 is 1.30 bits per heavy atom. The van der Waals surface area contributed by atoms with E-state index in [9.17, 15) is 0 Å². The van der Waals surface area contributed by atoms with Crippen molar-refractivity contribution in [3.63, 3.8) is 0 Å². The average molecular weight is 287 g/mol. The molecule has 1 aromatic carbocycles. The number of aryl methyl sites for hydroxylation is 1. The van der Waals surface area contributed by atoms with Crippen LogP contribution in [-0.4, -0.2) is 14.5 Å². The predicted octanol–water partition coefficient (Wildman–Crippen LogP) is 3.74. The van der Waals surface area contributed by atoms with Crippen molar-refractivity contribution in [2.24, 2.45) is 0 Å². The van der Waals surface area contributed by atoms with E-state index in [0.717, 1.165) is 35.4 Å². The maximum absolute atomic E-state index is 6.33. The molecule has 5 heteroatoms. The Kier molecular flexibility index (Phi) is 3.32. The third-order valence-electron chi connectivity index (χ3n) is 3.26. The molecule has 4 nitrogen and oxygen atoms in total. The number of imidazole rings is 1. The molecule has 2 N–H and O–H groups in total. The molecular formula is C15H15ClN4. The molecule has 2 aromatic heterocycles. The van der Waals surface area contributed by atoms with Gasteiger partial charge in [-0.05, 0) is 24.6 Å². The molecule has 0 radical (unpaired) electrons. The van der Waals surface area contributed by atoms with Crippen LogP contribution in [0, 0.1) is 0 Å². The molecule has 3 rings (SSSR count). The van der Waals surface area contributed by atoms with E-state index < -0.39 is 0 Å². The molecular weight excluding hydrogens is 272 g/mol. The van der Waals surface area contributed by atoms with Crippen LogP contribution in [0.25, 0.3) is 22.4 Å². The summed E-state index contributed by atoms with van der Waals surface area (Å²) in [5.74, 6) is 0.842. The van der Waals surface area contributed by atoms with Gasteiger partial charge in [-0.25, -0.2) is 4.98 Å². The summed E-state index contributed by atoms with van der Waals surface area (Å²) in [7, 11) is 0. The lowest BCUT2D eigenvalue weighted by Gasteiger charge is -2.09. The van der Waals surface area contributed by atoms with Crippen LogP contribution in [0.2, 0.25) is 5.02 Å². The number of nitrogens with zero attached hydrogens (tertiary/aromatic N) is 3. The first-order valence-corrected chi connectivity index (χ1v) is 6.94. The molecule has 3 aromatic rings. The number of anilines is 1. The first-order valence-electron chi connectivity index (χ1n) is 6.57. The molecule has 0 spiro atoms. The molecule has 0 aliphatic rings. The van der Waals surface area contributed by atoms with Gasteiger partial charge < -0.3 is 10.3 Å². The van der Waals surface area contributed by atoms with Crippen molar-refractivity contribution in [1.29, 1.82) is 0 Å². The van der Waals surface area contributed by atoms with Gasteiger partial charge in [0.25, 0.3) is 0 Å². The van der Waals surface area contributed by atoms with Gasteiger partial charge in [0.05, 0.1) is 27.9 Å². The third kappa shape index (κ3) is 2.02. The summed E-state index contributed by atoms with van der Waals surface area (Å²) in [5.41, 5.74) is 9.39. The molecule has 2 heterocycles. The van der Waals surface area contributed by atoms with Crippen LogP contribution < -0.4 is 5.73 Å². The zero-order chi connectivity index (χ0) is 14.1. The lowest BCUT2D eigenvalue weighted by atomic mass is 10.2. The van der Waals surface area contributed by atoms with Crippen LogP contribution in [0.5, 0.6) is 0 Å². The van der Waals surface area contributed by atoms with Crippen molar-refractivity contribution in [3.8, 4) is 11.4 Å². The summed E-state index contributed by atoms with van der Waals surface area (Å²) in [4.78, 5) is 8.72. The maximum atomic E-state index is 6.33. The minimum atomic E-state index is 0.622. The van der Waals surface area contributed by atoms with Gasteiger partial charge in [0, 0.05) is 18.3 Å². The Labute approximate surface area is 122 Å². The Hall–Kier alpha value is -2.07. The average Bonchev–Trinajstić information content (AvgIpc) is 2.80. The van der Waals surface area contributed by atoms with Crippen molar-refractivity contribution in [3.05, 3.63) is 41.7 Å². The topological polar surface area (TPSA) is 56.7 Å². The van der Waals surface area contributed by atoms with Crippen molar-refractivity contribution in [1.82, 2.24) is 14.5 Å². The van der Waals surface area contributed by atoms with E-state index in [1.54, 1.807) is 12.4 Å². The zero-order valence-electron chi connectivity index (χ0n) is 11.2. The Balaban J connectivity index is 2.33. The lowest BCUT2D eigenvalue weighted by Crippen LogP contribution is -2.02. The van der Waals surface area contributed by atoms with E-state index >= 15 is 0 Å². The molecule has 0 unspecified atom stereocenters. The van der Waals surface area contributed by atoms with Crippen molar-refractivity contribution < 1.29 is 0 Å². The van der Waals surface area contributed by atoms with Crippen LogP contribution in [0.4, 0.5) is 5.69 Å². The van der Waals surface area contributed by atoms with E-state index in [0.29, 0.717) is 10.7 Å². The fraction of sp³-hybridized carbons (Fsp3) is 0.200. The van der Waals surface area contributed by atoms with Crippen LogP contribution in [-0.2, 0) is 6.54 Å². The minimum Gasteiger partial charge on any atom is -0.397 e. The highest BCUT2D eigenvalue weighted by Crippen LogP contribution is 2.31. The van der Waals surface area contributed by atoms with E-state index in [2.05, 4.69) is 16.5 Å². The number of fused-ring (bicyclic) bond motifs is 1. The van der Waals surface area contributed by atoms with Gasteiger partial charge in [0.2, 0.25) is 0 Å². The van der Waals surface area contributed by atoms with Crippen LogP contribution in [0.15, 0.2) is 36.7 Å². The molecule has 0 aliphatic heterocycles. The van der Waals surface area contributed by atoms with E-state index in [4.69, 9.17) is 22.3 Å². The van der Waals surface area contributed by atoms with E-state index in [1.165, 1.54) is 0 Å². The highest BCUT2D eigenvalue weighted by atomic mass is 35.5. The molecule has 102 valence electrons. The zero-order valence-corrected chi connectivity index (χ0v) is 11.9. The van der Waals surface area contributed by atoms with Crippen LogP contribution >= 0.6 is 11.6 Å². The van der Waals surface area contributed by atoms with E-state index in [-0.39, 0.29) is 0 Å². The van der Waals surface area contributed by atoms with Crippen molar-refractivity contribution in [2.45, 2.75) is 19.9 Å². The summed E-state index contributed by atoms with van der Waals surface area (Å²) in [6.45, 7) is 2.97. The van der Waals surface area contributed by atoms with E-state index in [1.807, 2.05) is 24.3 Å². The second kappa shape index (κ2) is 5.13. The summed E-state index contributed by atoms with van der Waals surface area (Å²) in [6.07, 6.45) is 4.37. The molecule has 20 heavy (non-hydrogen) atoms. The third-order valence-corrected chi connectivity index (χ3v) is 3.56. The van der Waals surface area contributed by atoms with Gasteiger partial charge >= 0.3 is 0 Å². The number of nitrogens with two attached hydrogens (primary N) is 1. The molecule has 0 saturated heterocycles. The van der Waals surface area contributed by atoms with Crippen LogP contribution in [0.1, 0.15) is 13.3 Å². The fourth-order valence-electron chi connectivity index (χ4n) is 2.40. The molecule has 0 fully saturated rings. The fourth-order valence-corrected chi connectivity index (χ4v) is 2.67. The number of rotatable bonds is 3. The largest absolute Gasteiger partial charge is 0.397 e. The minimum absolute atomic E-state index is 0.622. The van der Waals surface area contributed by atoms with Gasteiger partial charge in [0.1, 0.15) is 5.82 Å². The Bertz CT molecular complexity index is 764. The summed E-state index contributed by atoms with van der Waals surface area (Å²) >= 11 is 6.33. The quantitative estimate of drug-likeness (QED) is 0.798. The number of nitrogen functional groups attached to an aromatic ring is 1. The monoisotopic (exact) mass is 286 g/mol. The van der Waals surface area contributed by atoms with Gasteiger partial charge in [-0.2, -0.15) is 0 Å². The van der Waals surface area contributed by atoms with Gasteiger partial charge in [-0.15, -0.1) is 0 Å². The molecule has 0 atom stereocenters. The molecule has 0 bridgehead atoms. The molecule has 0 amide bonds. The Morgan fingerprint density at radius 3 is 2.90 bits per heavy atom. The number of aromatic nitrogens is 3. The number of halogens is 1. The van der Waals surface area contributed by atoms with Gasteiger partial charge in [-0.3, -0.25) is 4.98 Å². The summed E-state index contributed by atoms with van der Waals surface area (Å²) in [6, 6.07) is 7.65. The second-order valence-corrected chi connectivity index (χ2v) is 5.06. The molecule has 0 aliphatic carbocycles. The maximum Gasteiger partial charge on any atom is 0.143 e. The summed E-state index contributed by atoms with van der Waals surface area (Å²) in [5, 5.41) is 0.710. The van der Waals surface area contributed by atoms with Crippen molar-refractivity contribution >= 4 is 28.3 Å². The second-order valence-electron chi connectivity index (χ2n) is 4.66. The number of benzene rings is 1. The highest BCUT2D eigenvalue weighted by Gasteiger charge is 2.15. The predicted molar refractivity (Wildman–Crippen MR) is 82.7 cm³/mol. The first kappa shape index (κ1) is 12.9. The Morgan fingerprint density at radius 2 is 2.15 bits per heavy atom. The number of hydrogen-bond donors (Lipinski definition) is 1. The van der Waals surface area contributed by atoms with Crippen molar-refractivity contribution in [2.75, 3.05) is 5.73 Å². The van der Waals surface area contributed by atoms with Gasteiger partial charge in [-0.1, -0.05) is 24.6 Å². The number of pyridine rings is 1. The lowest BCUT2D eigenvalue weighted by molar-refractivity contribution is 0.704. The smallest absolute Gasteiger partial charge is 0.143 e. The standard InChI is InChI=1S/C15H15ClN4/c1-2-8-20-14-11(16)4-3-5-13(14)19-15(20)10-6-7-18-9-12(10)17/h3-7,9H,2,8,17H2,1H3. The number of para-hydroxylation sites is 1. The summed E-state index contributed by atoms with van der Waals surface area (Å²) < 4.78 is 2.13.